The minimum absolute atomic E-state index is 0.0677. The smallest absolute Gasteiger partial charge is 0.381 e. The molecule has 156 valence electrons. The number of ether oxygens (including phenoxy) is 1. The van der Waals surface area contributed by atoms with E-state index in [1.807, 2.05) is 0 Å². The van der Waals surface area contributed by atoms with E-state index < -0.39 is 17.6 Å². The molecular formula is C19H20ClF3N4O2. The second kappa shape index (κ2) is 8.46. The number of carbonyl (C=O) groups is 1. The Morgan fingerprint density at radius 1 is 1.31 bits per heavy atom. The summed E-state index contributed by atoms with van der Waals surface area (Å²) in [5.74, 6) is -0.578. The Hall–Kier alpha value is -2.52. The molecule has 0 radical (unpaired) electrons. The first kappa shape index (κ1) is 21.2. The van der Waals surface area contributed by atoms with Crippen molar-refractivity contribution in [3.8, 4) is 0 Å². The van der Waals surface area contributed by atoms with E-state index in [0.717, 1.165) is 6.07 Å². The van der Waals surface area contributed by atoms with Crippen LogP contribution in [-0.4, -0.2) is 37.2 Å². The number of methoxy groups -OCH3 is 1. The number of pyridine rings is 1. The van der Waals surface area contributed by atoms with Crippen molar-refractivity contribution in [2.45, 2.75) is 25.1 Å². The molecule has 6 nitrogen and oxygen atoms in total. The number of hydrogen-bond donors (Lipinski definition) is 2. The number of piperidine rings is 1. The Bertz CT molecular complexity index is 900. The summed E-state index contributed by atoms with van der Waals surface area (Å²) in [6, 6.07) is 5.30. The third-order valence-corrected chi connectivity index (χ3v) is 5.09. The Morgan fingerprint density at radius 2 is 2.00 bits per heavy atom. The zero-order chi connectivity index (χ0) is 21.2. The van der Waals surface area contributed by atoms with Gasteiger partial charge >= 0.3 is 6.18 Å². The van der Waals surface area contributed by atoms with Crippen LogP contribution in [0.15, 0.2) is 30.5 Å². The summed E-state index contributed by atoms with van der Waals surface area (Å²) in [5.41, 5.74) is 4.82. The van der Waals surface area contributed by atoms with Crippen LogP contribution >= 0.6 is 11.6 Å². The molecule has 1 fully saturated rings. The number of primary amides is 1. The first-order valence-corrected chi connectivity index (χ1v) is 9.28. The fraction of sp³-hybridized carbons (Fsp3) is 0.368. The molecule has 1 aromatic carbocycles. The number of alkyl halides is 3. The van der Waals surface area contributed by atoms with Crippen molar-refractivity contribution in [3.63, 3.8) is 0 Å². The highest BCUT2D eigenvalue weighted by Gasteiger charge is 2.36. The summed E-state index contributed by atoms with van der Waals surface area (Å²) in [6.45, 7) is 0.965. The fourth-order valence-electron chi connectivity index (χ4n) is 3.25. The van der Waals surface area contributed by atoms with Crippen molar-refractivity contribution < 1.29 is 22.7 Å². The van der Waals surface area contributed by atoms with Crippen LogP contribution < -0.4 is 16.0 Å². The van der Waals surface area contributed by atoms with E-state index in [1.54, 1.807) is 12.0 Å². The molecule has 0 aliphatic carbocycles. The van der Waals surface area contributed by atoms with E-state index in [2.05, 4.69) is 10.3 Å². The molecule has 1 aromatic heterocycles. The highest BCUT2D eigenvalue weighted by molar-refractivity contribution is 6.33. The number of nitrogens with two attached hydrogens (primary N) is 1. The van der Waals surface area contributed by atoms with Crippen molar-refractivity contribution in [3.05, 3.63) is 46.6 Å². The number of benzene rings is 1. The van der Waals surface area contributed by atoms with Gasteiger partial charge in [-0.25, -0.2) is 4.98 Å². The summed E-state index contributed by atoms with van der Waals surface area (Å²) >= 11 is 6.06. The first-order chi connectivity index (χ1) is 13.7. The van der Waals surface area contributed by atoms with Gasteiger partial charge in [-0.3, -0.25) is 4.79 Å². The van der Waals surface area contributed by atoms with Crippen molar-refractivity contribution in [2.24, 2.45) is 5.73 Å². The van der Waals surface area contributed by atoms with Crippen LogP contribution in [0.3, 0.4) is 0 Å². The normalized spacial score (nSPS) is 15.4. The van der Waals surface area contributed by atoms with E-state index in [9.17, 15) is 18.0 Å². The molecule has 1 saturated heterocycles. The number of halogens is 4. The van der Waals surface area contributed by atoms with Crippen LogP contribution in [-0.2, 0) is 10.9 Å². The van der Waals surface area contributed by atoms with Gasteiger partial charge in [-0.05, 0) is 37.1 Å². The van der Waals surface area contributed by atoms with Gasteiger partial charge in [0.2, 0.25) is 5.91 Å². The molecular weight excluding hydrogens is 409 g/mol. The van der Waals surface area contributed by atoms with Crippen LogP contribution in [0.2, 0.25) is 5.02 Å². The number of amides is 1. The molecule has 1 aliphatic heterocycles. The lowest BCUT2D eigenvalue weighted by molar-refractivity contribution is -0.137. The van der Waals surface area contributed by atoms with E-state index >= 15 is 0 Å². The summed E-state index contributed by atoms with van der Waals surface area (Å²) in [5, 5.41) is 2.83. The molecule has 0 bridgehead atoms. The molecule has 2 heterocycles. The standard InChI is InChI=1S/C19H20ClF3N4O2/c1-29-13-4-6-27(7-5-13)16-3-2-12(9-14(16)19(21,22)23)26-18-15(20)8-11(10-25-18)17(24)28/h2-3,8-10,13H,4-7H2,1H3,(H2,24,28)(H,25,26). The lowest BCUT2D eigenvalue weighted by Gasteiger charge is -2.34. The van der Waals surface area contributed by atoms with E-state index in [4.69, 9.17) is 22.1 Å². The van der Waals surface area contributed by atoms with Gasteiger partial charge in [0.15, 0.2) is 0 Å². The van der Waals surface area contributed by atoms with Gasteiger partial charge in [0, 0.05) is 37.8 Å². The average Bonchev–Trinajstić information content (AvgIpc) is 2.69. The fourth-order valence-corrected chi connectivity index (χ4v) is 3.46. The number of rotatable bonds is 5. The second-order valence-electron chi connectivity index (χ2n) is 6.70. The monoisotopic (exact) mass is 428 g/mol. The van der Waals surface area contributed by atoms with Crippen LogP contribution in [0, 0.1) is 0 Å². The number of nitrogens with zero attached hydrogens (tertiary/aromatic N) is 2. The molecule has 1 aliphatic rings. The van der Waals surface area contributed by atoms with Crippen molar-refractivity contribution in [2.75, 3.05) is 30.4 Å². The number of hydrogen-bond acceptors (Lipinski definition) is 5. The van der Waals surface area contributed by atoms with Gasteiger partial charge in [-0.15, -0.1) is 0 Å². The number of anilines is 3. The Balaban J connectivity index is 1.87. The van der Waals surface area contributed by atoms with Crippen molar-refractivity contribution in [1.82, 2.24) is 4.98 Å². The molecule has 3 N–H and O–H groups in total. The molecule has 29 heavy (non-hydrogen) atoms. The van der Waals surface area contributed by atoms with Crippen LogP contribution in [0.4, 0.5) is 30.4 Å². The third kappa shape index (κ3) is 4.91. The zero-order valence-corrected chi connectivity index (χ0v) is 16.3. The third-order valence-electron chi connectivity index (χ3n) is 4.81. The van der Waals surface area contributed by atoms with Gasteiger partial charge in [0.05, 0.1) is 22.3 Å². The molecule has 0 saturated carbocycles. The predicted octanol–water partition coefficient (Wildman–Crippen LogP) is 4.21. The summed E-state index contributed by atoms with van der Waals surface area (Å²) in [7, 11) is 1.61. The largest absolute Gasteiger partial charge is 0.418 e. The summed E-state index contributed by atoms with van der Waals surface area (Å²) in [4.78, 5) is 16.9. The van der Waals surface area contributed by atoms with Gasteiger partial charge in [-0.1, -0.05) is 11.6 Å². The molecule has 1 amide bonds. The van der Waals surface area contributed by atoms with Crippen molar-refractivity contribution in [1.29, 1.82) is 0 Å². The number of carbonyl (C=O) groups excluding carboxylic acids is 1. The van der Waals surface area contributed by atoms with E-state index in [0.29, 0.717) is 25.9 Å². The lowest BCUT2D eigenvalue weighted by atomic mass is 10.0. The van der Waals surface area contributed by atoms with Gasteiger partial charge in [-0.2, -0.15) is 13.2 Å². The lowest BCUT2D eigenvalue weighted by Crippen LogP contribution is -2.37. The Labute approximate surface area is 170 Å². The summed E-state index contributed by atoms with van der Waals surface area (Å²) < 4.78 is 46.4. The minimum atomic E-state index is -4.53. The molecule has 10 heteroatoms. The maximum atomic E-state index is 13.7. The highest BCUT2D eigenvalue weighted by Crippen LogP contribution is 2.40. The average molecular weight is 429 g/mol. The van der Waals surface area contributed by atoms with Gasteiger partial charge in [0.1, 0.15) is 5.82 Å². The molecule has 0 atom stereocenters. The van der Waals surface area contributed by atoms with Crippen LogP contribution in [0.1, 0.15) is 28.8 Å². The van der Waals surface area contributed by atoms with Crippen LogP contribution in [0.25, 0.3) is 0 Å². The second-order valence-corrected chi connectivity index (χ2v) is 7.10. The van der Waals surface area contributed by atoms with Gasteiger partial charge in [0.25, 0.3) is 0 Å². The van der Waals surface area contributed by atoms with Gasteiger partial charge < -0.3 is 20.7 Å². The SMILES string of the molecule is COC1CCN(c2ccc(Nc3ncc(C(N)=O)cc3Cl)cc2C(F)(F)F)CC1. The number of nitrogens with one attached hydrogen (secondary N) is 1. The van der Waals surface area contributed by atoms with E-state index in [-0.39, 0.29) is 33.9 Å². The minimum Gasteiger partial charge on any atom is -0.381 e. The maximum absolute atomic E-state index is 13.7. The predicted molar refractivity (Wildman–Crippen MR) is 105 cm³/mol. The summed E-state index contributed by atoms with van der Waals surface area (Å²) in [6.07, 6.45) is -1.93. The zero-order valence-electron chi connectivity index (χ0n) is 15.6. The molecule has 0 unspecified atom stereocenters. The quantitative estimate of drug-likeness (QED) is 0.745. The topological polar surface area (TPSA) is 80.5 Å². The number of aromatic nitrogens is 1. The molecule has 2 aromatic rings. The Morgan fingerprint density at radius 3 is 2.55 bits per heavy atom. The van der Waals surface area contributed by atoms with Crippen molar-refractivity contribution >= 4 is 34.7 Å². The Kier molecular flexibility index (Phi) is 6.18. The first-order valence-electron chi connectivity index (χ1n) is 8.90. The van der Waals surface area contributed by atoms with Crippen LogP contribution in [0.5, 0.6) is 0 Å². The highest BCUT2D eigenvalue weighted by atomic mass is 35.5. The maximum Gasteiger partial charge on any atom is 0.418 e. The van der Waals surface area contributed by atoms with E-state index in [1.165, 1.54) is 24.4 Å². The molecule has 0 spiro atoms. The molecule has 3 rings (SSSR count).